The molecule has 0 unspecified atom stereocenters. The summed E-state index contributed by atoms with van der Waals surface area (Å²) in [6.45, 7) is 1.51. The van der Waals surface area contributed by atoms with Crippen LogP contribution in [-0.2, 0) is 0 Å². The van der Waals surface area contributed by atoms with Crippen molar-refractivity contribution in [3.05, 3.63) is 52.0 Å². The Morgan fingerprint density at radius 3 is 2.43 bits per heavy atom. The third kappa shape index (κ3) is 3.41. The van der Waals surface area contributed by atoms with Crippen LogP contribution in [0.2, 0.25) is 0 Å². The zero-order valence-corrected chi connectivity index (χ0v) is 13.1. The number of rotatable bonds is 4. The van der Waals surface area contributed by atoms with E-state index in [2.05, 4.69) is 15.9 Å². The molecule has 0 aliphatic rings. The van der Waals surface area contributed by atoms with Crippen LogP contribution < -0.4 is 9.47 Å². The van der Waals surface area contributed by atoms with Crippen LogP contribution in [0.25, 0.3) is 0 Å². The largest absolute Gasteiger partial charge is 0.493 e. The van der Waals surface area contributed by atoms with Crippen molar-refractivity contribution in [2.45, 2.75) is 6.92 Å². The average molecular weight is 346 g/mol. The number of nitrogens with zero attached hydrogens (tertiary/aromatic N) is 1. The number of hydrogen-bond acceptors (Lipinski definition) is 4. The Bertz CT molecular complexity index is 735. The number of carbonyl (C=O) groups excluding carboxylic acids is 1. The van der Waals surface area contributed by atoms with Gasteiger partial charge in [0.2, 0.25) is 0 Å². The van der Waals surface area contributed by atoms with Crippen LogP contribution in [0.15, 0.2) is 40.9 Å². The first kappa shape index (κ1) is 15.1. The van der Waals surface area contributed by atoms with Crippen LogP contribution in [0.4, 0.5) is 0 Å². The Morgan fingerprint density at radius 1 is 1.14 bits per heavy atom. The molecule has 0 aromatic heterocycles. The van der Waals surface area contributed by atoms with Gasteiger partial charge in [-0.2, -0.15) is 5.26 Å². The third-order valence-corrected chi connectivity index (χ3v) is 3.47. The van der Waals surface area contributed by atoms with Crippen LogP contribution >= 0.6 is 15.9 Å². The molecule has 5 heteroatoms. The first-order valence-electron chi connectivity index (χ1n) is 6.11. The number of nitriles is 1. The number of carbonyl (C=O) groups is 1. The quantitative estimate of drug-likeness (QED) is 0.774. The highest BCUT2D eigenvalue weighted by molar-refractivity contribution is 9.10. The number of benzene rings is 2. The fourth-order valence-corrected chi connectivity index (χ4v) is 2.20. The number of ketones is 1. The Balaban J connectivity index is 2.34. The van der Waals surface area contributed by atoms with Crippen molar-refractivity contribution < 1.29 is 14.3 Å². The van der Waals surface area contributed by atoms with E-state index in [1.54, 1.807) is 36.4 Å². The molecule has 4 nitrogen and oxygen atoms in total. The molecule has 0 saturated heterocycles. The molecule has 0 spiro atoms. The summed E-state index contributed by atoms with van der Waals surface area (Å²) in [5, 5.41) is 8.88. The molecule has 0 aliphatic heterocycles. The zero-order chi connectivity index (χ0) is 15.4. The molecule has 0 atom stereocenters. The van der Waals surface area contributed by atoms with E-state index in [4.69, 9.17) is 14.7 Å². The maximum atomic E-state index is 11.3. The van der Waals surface area contributed by atoms with Crippen LogP contribution in [0.5, 0.6) is 17.2 Å². The van der Waals surface area contributed by atoms with Gasteiger partial charge in [0.1, 0.15) is 5.75 Å². The van der Waals surface area contributed by atoms with Gasteiger partial charge in [0.15, 0.2) is 17.3 Å². The van der Waals surface area contributed by atoms with Gasteiger partial charge in [0, 0.05) is 11.6 Å². The second kappa shape index (κ2) is 6.42. The minimum absolute atomic E-state index is 0.0156. The van der Waals surface area contributed by atoms with Gasteiger partial charge in [0.25, 0.3) is 0 Å². The molecule has 0 N–H and O–H groups in total. The SMILES string of the molecule is COc1cc(C#N)ccc1Oc1ccc(C(C)=O)cc1Br. The molecule has 0 heterocycles. The Kier molecular flexibility index (Phi) is 4.61. The predicted molar refractivity (Wildman–Crippen MR) is 81.9 cm³/mol. The molecule has 0 radical (unpaired) electrons. The number of hydrogen-bond donors (Lipinski definition) is 0. The lowest BCUT2D eigenvalue weighted by Crippen LogP contribution is -1.95. The van der Waals surface area contributed by atoms with E-state index in [1.807, 2.05) is 6.07 Å². The van der Waals surface area contributed by atoms with Crippen LogP contribution in [-0.4, -0.2) is 12.9 Å². The number of halogens is 1. The summed E-state index contributed by atoms with van der Waals surface area (Å²) in [7, 11) is 1.51. The zero-order valence-electron chi connectivity index (χ0n) is 11.5. The third-order valence-electron chi connectivity index (χ3n) is 2.85. The van der Waals surface area contributed by atoms with Gasteiger partial charge in [0.05, 0.1) is 23.2 Å². The standard InChI is InChI=1S/C16H12BrNO3/c1-10(19)12-4-6-14(13(17)8-12)21-15-5-3-11(9-18)7-16(15)20-2/h3-8H,1-2H3. The molecule has 0 fully saturated rings. The van der Waals surface area contributed by atoms with Gasteiger partial charge in [-0.05, 0) is 53.2 Å². The molecule has 106 valence electrons. The fourth-order valence-electron chi connectivity index (χ4n) is 1.74. The van der Waals surface area contributed by atoms with Crippen molar-refractivity contribution in [3.8, 4) is 23.3 Å². The molecule has 2 rings (SSSR count). The number of methoxy groups -OCH3 is 1. The van der Waals surface area contributed by atoms with E-state index in [9.17, 15) is 4.79 Å². The molecule has 2 aromatic rings. The lowest BCUT2D eigenvalue weighted by atomic mass is 10.1. The molecule has 0 amide bonds. The van der Waals surface area contributed by atoms with E-state index in [0.29, 0.717) is 32.8 Å². The fraction of sp³-hybridized carbons (Fsp3) is 0.125. The summed E-state index contributed by atoms with van der Waals surface area (Å²) in [5.74, 6) is 1.51. The average Bonchev–Trinajstić information content (AvgIpc) is 2.49. The van der Waals surface area contributed by atoms with E-state index >= 15 is 0 Å². The first-order chi connectivity index (χ1) is 10.0. The topological polar surface area (TPSA) is 59.3 Å². The van der Waals surface area contributed by atoms with Gasteiger partial charge in [-0.15, -0.1) is 0 Å². The molecule has 2 aromatic carbocycles. The monoisotopic (exact) mass is 345 g/mol. The van der Waals surface area contributed by atoms with E-state index < -0.39 is 0 Å². The highest BCUT2D eigenvalue weighted by Crippen LogP contribution is 2.36. The van der Waals surface area contributed by atoms with E-state index in [-0.39, 0.29) is 5.78 Å². The van der Waals surface area contributed by atoms with Gasteiger partial charge >= 0.3 is 0 Å². The Morgan fingerprint density at radius 2 is 1.86 bits per heavy atom. The van der Waals surface area contributed by atoms with E-state index in [0.717, 1.165) is 0 Å². The number of Topliss-reactive ketones (excluding diaryl/α,β-unsaturated/α-hetero) is 1. The molecule has 0 bridgehead atoms. The lowest BCUT2D eigenvalue weighted by Gasteiger charge is -2.12. The van der Waals surface area contributed by atoms with Crippen molar-refractivity contribution >= 4 is 21.7 Å². The minimum atomic E-state index is -0.0156. The lowest BCUT2D eigenvalue weighted by molar-refractivity contribution is 0.101. The smallest absolute Gasteiger partial charge is 0.169 e. The summed E-state index contributed by atoms with van der Waals surface area (Å²) in [6.07, 6.45) is 0. The van der Waals surface area contributed by atoms with Crippen molar-refractivity contribution in [3.63, 3.8) is 0 Å². The second-order valence-electron chi connectivity index (χ2n) is 4.28. The molecular formula is C16H12BrNO3. The number of ether oxygens (including phenoxy) is 2. The maximum Gasteiger partial charge on any atom is 0.169 e. The minimum Gasteiger partial charge on any atom is -0.493 e. The normalized spacial score (nSPS) is 9.81. The first-order valence-corrected chi connectivity index (χ1v) is 6.91. The molecular weight excluding hydrogens is 334 g/mol. The van der Waals surface area contributed by atoms with Crippen LogP contribution in [0.1, 0.15) is 22.8 Å². The van der Waals surface area contributed by atoms with Gasteiger partial charge in [-0.1, -0.05) is 0 Å². The summed E-state index contributed by atoms with van der Waals surface area (Å²) < 4.78 is 11.7. The molecule has 0 aliphatic carbocycles. The van der Waals surface area contributed by atoms with Crippen molar-refractivity contribution in [2.75, 3.05) is 7.11 Å². The summed E-state index contributed by atoms with van der Waals surface area (Å²) in [5.41, 5.74) is 1.09. The van der Waals surface area contributed by atoms with Crippen molar-refractivity contribution in [2.24, 2.45) is 0 Å². The highest BCUT2D eigenvalue weighted by atomic mass is 79.9. The maximum absolute atomic E-state index is 11.3. The van der Waals surface area contributed by atoms with Crippen LogP contribution in [0, 0.1) is 11.3 Å². The summed E-state index contributed by atoms with van der Waals surface area (Å²) in [4.78, 5) is 11.3. The van der Waals surface area contributed by atoms with Crippen LogP contribution in [0.3, 0.4) is 0 Å². The summed E-state index contributed by atoms with van der Waals surface area (Å²) >= 11 is 3.38. The predicted octanol–water partition coefficient (Wildman–Crippen LogP) is 4.32. The van der Waals surface area contributed by atoms with Gasteiger partial charge in [-0.3, -0.25) is 4.79 Å². The van der Waals surface area contributed by atoms with Gasteiger partial charge in [-0.25, -0.2) is 0 Å². The second-order valence-corrected chi connectivity index (χ2v) is 5.14. The van der Waals surface area contributed by atoms with E-state index in [1.165, 1.54) is 14.0 Å². The molecule has 21 heavy (non-hydrogen) atoms. The Labute approximate surface area is 131 Å². The van der Waals surface area contributed by atoms with Crippen molar-refractivity contribution in [1.29, 1.82) is 5.26 Å². The summed E-state index contributed by atoms with van der Waals surface area (Å²) in [6, 6.07) is 12.1. The molecule has 0 saturated carbocycles. The van der Waals surface area contributed by atoms with Gasteiger partial charge < -0.3 is 9.47 Å². The van der Waals surface area contributed by atoms with Crippen molar-refractivity contribution in [1.82, 2.24) is 0 Å². The highest BCUT2D eigenvalue weighted by Gasteiger charge is 2.10. The Hall–Kier alpha value is -2.32.